The van der Waals surface area contributed by atoms with Crippen LogP contribution in [0.4, 0.5) is 0 Å². The largest absolute Gasteiger partial charge is 0.520 e. The van der Waals surface area contributed by atoms with E-state index < -0.39 is 8.56 Å². The molecule has 2 nitrogen and oxygen atoms in total. The number of rotatable bonds is 12. The Labute approximate surface area is 152 Å². The van der Waals surface area contributed by atoms with Crippen LogP contribution in [0.3, 0.4) is 0 Å². The van der Waals surface area contributed by atoms with Crippen LogP contribution in [0, 0.1) is 0 Å². The van der Waals surface area contributed by atoms with Crippen molar-refractivity contribution in [2.45, 2.75) is 71.4 Å². The summed E-state index contributed by atoms with van der Waals surface area (Å²) in [6.45, 7) is 7.31. The third-order valence-electron chi connectivity index (χ3n) is 4.08. The van der Waals surface area contributed by atoms with Crippen molar-refractivity contribution in [3.8, 4) is 5.75 Å². The van der Waals surface area contributed by atoms with Gasteiger partial charge in [0.15, 0.2) is 0 Å². The quantitative estimate of drug-likeness (QED) is 0.282. The fourth-order valence-electron chi connectivity index (χ4n) is 2.57. The van der Waals surface area contributed by atoms with Crippen LogP contribution < -0.4 is 4.43 Å². The molecule has 0 atom stereocenters. The Hall–Kier alpha value is -0.223. The van der Waals surface area contributed by atoms with Gasteiger partial charge in [-0.05, 0) is 36.7 Å². The minimum absolute atomic E-state index is 0.596. The summed E-state index contributed by atoms with van der Waals surface area (Å²) in [5.74, 6) is 0.723. The Morgan fingerprint density at radius 1 is 0.826 bits per heavy atom. The van der Waals surface area contributed by atoms with Crippen molar-refractivity contribution in [2.75, 3.05) is 6.61 Å². The molecule has 0 bridgehead atoms. The number of unbranched alkanes of at least 4 members (excludes halogenated alkanes) is 5. The molecule has 0 N–H and O–H groups in total. The highest BCUT2D eigenvalue weighted by Crippen LogP contribution is 2.29. The second-order valence-electron chi connectivity index (χ2n) is 5.94. The molecule has 1 aromatic carbocycles. The highest BCUT2D eigenvalue weighted by Gasteiger charge is 2.35. The van der Waals surface area contributed by atoms with Crippen molar-refractivity contribution < 1.29 is 8.85 Å². The Kier molecular flexibility index (Phi) is 10.3. The van der Waals surface area contributed by atoms with Crippen molar-refractivity contribution in [1.82, 2.24) is 0 Å². The monoisotopic (exact) mass is 376 g/mol. The summed E-state index contributed by atoms with van der Waals surface area (Å²) >= 11 is 12.1. The van der Waals surface area contributed by atoms with E-state index in [1.54, 1.807) is 6.07 Å². The fraction of sp³-hybridized carbons (Fsp3) is 0.667. The topological polar surface area (TPSA) is 18.5 Å². The number of hydrogen-bond acceptors (Lipinski definition) is 2. The van der Waals surface area contributed by atoms with Crippen LogP contribution in [-0.2, 0) is 4.43 Å². The Morgan fingerprint density at radius 2 is 1.39 bits per heavy atom. The molecular formula is C18H30Cl2O2Si. The normalized spacial score (nSPS) is 11.7. The van der Waals surface area contributed by atoms with Gasteiger partial charge in [0.05, 0.1) is 0 Å². The smallest absolute Gasteiger partial charge is 0.398 e. The minimum Gasteiger partial charge on any atom is -0.520 e. The van der Waals surface area contributed by atoms with E-state index in [-0.39, 0.29) is 0 Å². The molecule has 0 aliphatic heterocycles. The van der Waals surface area contributed by atoms with E-state index in [1.807, 2.05) is 12.1 Å². The van der Waals surface area contributed by atoms with Crippen molar-refractivity contribution in [1.29, 1.82) is 0 Å². The summed E-state index contributed by atoms with van der Waals surface area (Å²) in [6.07, 6.45) is 7.60. The van der Waals surface area contributed by atoms with E-state index in [0.29, 0.717) is 10.0 Å². The van der Waals surface area contributed by atoms with Crippen molar-refractivity contribution in [2.24, 2.45) is 0 Å². The minimum atomic E-state index is -2.22. The molecule has 1 rings (SSSR count). The van der Waals surface area contributed by atoms with Crippen LogP contribution >= 0.6 is 23.2 Å². The molecule has 0 spiro atoms. The lowest BCUT2D eigenvalue weighted by Crippen LogP contribution is -2.44. The number of halogens is 2. The van der Waals surface area contributed by atoms with Gasteiger partial charge in [-0.25, -0.2) is 0 Å². The first-order valence-electron chi connectivity index (χ1n) is 8.84. The Balaban J connectivity index is 2.50. The van der Waals surface area contributed by atoms with Crippen LogP contribution in [0.2, 0.25) is 22.1 Å². The summed E-state index contributed by atoms with van der Waals surface area (Å²) in [5.41, 5.74) is 0. The maximum atomic E-state index is 6.25. The van der Waals surface area contributed by atoms with Gasteiger partial charge < -0.3 is 8.85 Å². The molecule has 0 fully saturated rings. The lowest BCUT2D eigenvalue weighted by atomic mass is 10.1. The van der Waals surface area contributed by atoms with Crippen molar-refractivity contribution in [3.63, 3.8) is 0 Å². The Morgan fingerprint density at radius 3 is 1.96 bits per heavy atom. The predicted molar refractivity (Wildman–Crippen MR) is 103 cm³/mol. The molecule has 0 amide bonds. The van der Waals surface area contributed by atoms with E-state index in [1.165, 1.54) is 32.1 Å². The molecule has 132 valence electrons. The molecule has 1 aromatic rings. The molecule has 0 heterocycles. The maximum Gasteiger partial charge on any atom is 0.398 e. The second-order valence-corrected chi connectivity index (χ2v) is 10.5. The lowest BCUT2D eigenvalue weighted by molar-refractivity contribution is 0.230. The van der Waals surface area contributed by atoms with Crippen molar-refractivity contribution >= 4 is 31.8 Å². The maximum absolute atomic E-state index is 6.25. The third-order valence-corrected chi connectivity index (χ3v) is 8.01. The van der Waals surface area contributed by atoms with Gasteiger partial charge in [0.2, 0.25) is 0 Å². The molecule has 0 saturated heterocycles. The average Bonchev–Trinajstić information content (AvgIpc) is 2.52. The van der Waals surface area contributed by atoms with Gasteiger partial charge in [0, 0.05) is 16.7 Å². The molecule has 0 aliphatic carbocycles. The molecule has 23 heavy (non-hydrogen) atoms. The first-order chi connectivity index (χ1) is 11.0. The van der Waals surface area contributed by atoms with E-state index in [4.69, 9.17) is 32.1 Å². The van der Waals surface area contributed by atoms with Gasteiger partial charge in [0.25, 0.3) is 0 Å². The van der Waals surface area contributed by atoms with Gasteiger partial charge >= 0.3 is 8.56 Å². The third kappa shape index (κ3) is 7.93. The van der Waals surface area contributed by atoms with Crippen LogP contribution in [0.25, 0.3) is 0 Å². The summed E-state index contributed by atoms with van der Waals surface area (Å²) in [6, 6.07) is 7.18. The van der Waals surface area contributed by atoms with E-state index in [0.717, 1.165) is 30.9 Å². The van der Waals surface area contributed by atoms with Crippen LogP contribution in [0.1, 0.15) is 59.3 Å². The van der Waals surface area contributed by atoms with Crippen molar-refractivity contribution in [3.05, 3.63) is 28.2 Å². The van der Waals surface area contributed by atoms with Gasteiger partial charge in [-0.15, -0.1) is 0 Å². The molecule has 0 aliphatic rings. The van der Waals surface area contributed by atoms with E-state index in [2.05, 4.69) is 20.8 Å². The van der Waals surface area contributed by atoms with Crippen LogP contribution in [0.5, 0.6) is 5.75 Å². The van der Waals surface area contributed by atoms with E-state index in [9.17, 15) is 0 Å². The highest BCUT2D eigenvalue weighted by molar-refractivity contribution is 6.68. The predicted octanol–water partition coefficient (Wildman–Crippen LogP) is 7.23. The zero-order chi connectivity index (χ0) is 17.1. The van der Waals surface area contributed by atoms with Gasteiger partial charge in [-0.2, -0.15) is 0 Å². The highest BCUT2D eigenvalue weighted by atomic mass is 35.5. The van der Waals surface area contributed by atoms with Crippen LogP contribution in [-0.4, -0.2) is 15.2 Å². The lowest BCUT2D eigenvalue weighted by Gasteiger charge is -2.29. The number of benzene rings is 1. The molecule has 0 radical (unpaired) electrons. The summed E-state index contributed by atoms with van der Waals surface area (Å²) in [5, 5.41) is 1.19. The summed E-state index contributed by atoms with van der Waals surface area (Å²) in [4.78, 5) is 0. The van der Waals surface area contributed by atoms with E-state index >= 15 is 0 Å². The average molecular weight is 377 g/mol. The zero-order valence-corrected chi connectivity index (χ0v) is 17.2. The van der Waals surface area contributed by atoms with Crippen LogP contribution in [0.15, 0.2) is 18.2 Å². The van der Waals surface area contributed by atoms with Gasteiger partial charge in [-0.3, -0.25) is 0 Å². The Bertz CT molecular complexity index is 430. The summed E-state index contributed by atoms with van der Waals surface area (Å²) in [7, 11) is -2.22. The zero-order valence-electron chi connectivity index (χ0n) is 14.7. The van der Waals surface area contributed by atoms with Gasteiger partial charge in [0.1, 0.15) is 5.75 Å². The second kappa shape index (κ2) is 11.4. The summed E-state index contributed by atoms with van der Waals surface area (Å²) < 4.78 is 12.5. The first-order valence-corrected chi connectivity index (χ1v) is 11.8. The fourth-order valence-corrected chi connectivity index (χ4v) is 5.40. The molecular weight excluding hydrogens is 347 g/mol. The number of hydrogen-bond donors (Lipinski definition) is 0. The molecule has 0 unspecified atom stereocenters. The SMILES string of the molecule is CCCCCCCCO[Si](CC)(CC)Oc1cc(Cl)cc(Cl)c1. The van der Waals surface area contributed by atoms with Gasteiger partial charge in [-0.1, -0.05) is 76.1 Å². The molecule has 5 heteroatoms. The molecule has 0 aromatic heterocycles. The first kappa shape index (κ1) is 20.8. The molecule has 0 saturated carbocycles. The standard InChI is InChI=1S/C18H30Cl2O2Si/c1-4-7-8-9-10-11-12-21-23(5-2,6-3)22-18-14-16(19)13-17(20)15-18/h13-15H,4-12H2,1-3H3.